The van der Waals surface area contributed by atoms with Crippen molar-refractivity contribution < 1.29 is 8.42 Å². The van der Waals surface area contributed by atoms with Crippen LogP contribution in [0.3, 0.4) is 0 Å². The van der Waals surface area contributed by atoms with Gasteiger partial charge < -0.3 is 5.73 Å². The van der Waals surface area contributed by atoms with E-state index in [1.165, 1.54) is 21.7 Å². The summed E-state index contributed by atoms with van der Waals surface area (Å²) >= 11 is 0. The zero-order chi connectivity index (χ0) is 11.9. The molecule has 1 aliphatic carbocycles. The number of sulfonamides is 1. The van der Waals surface area contributed by atoms with Crippen LogP contribution in [0.4, 0.5) is 5.69 Å². The molecule has 2 N–H and O–H groups in total. The third-order valence-electron chi connectivity index (χ3n) is 3.18. The lowest BCUT2D eigenvalue weighted by molar-refractivity contribution is 0.381. The Balaban J connectivity index is 2.23. The number of benzene rings is 1. The first-order valence-electron chi connectivity index (χ1n) is 5.18. The molecule has 0 aromatic heterocycles. The molecular weight excluding hydrogens is 224 g/mol. The molecule has 1 atom stereocenters. The van der Waals surface area contributed by atoms with Gasteiger partial charge >= 0.3 is 0 Å². The van der Waals surface area contributed by atoms with Gasteiger partial charge in [-0.1, -0.05) is 6.07 Å². The molecule has 0 aliphatic heterocycles. The fourth-order valence-corrected chi connectivity index (χ4v) is 2.83. The van der Waals surface area contributed by atoms with E-state index in [-0.39, 0.29) is 6.04 Å². The average Bonchev–Trinajstić information content (AvgIpc) is 2.57. The van der Waals surface area contributed by atoms with Gasteiger partial charge in [-0.25, -0.2) is 12.7 Å². The number of nitrogens with two attached hydrogens (primary N) is 1. The molecule has 4 nitrogen and oxygen atoms in total. The van der Waals surface area contributed by atoms with Gasteiger partial charge in [0.2, 0.25) is 10.0 Å². The second-order valence-electron chi connectivity index (χ2n) is 4.37. The lowest BCUT2D eigenvalue weighted by Crippen LogP contribution is -2.36. The smallest absolute Gasteiger partial charge is 0.211 e. The lowest BCUT2D eigenvalue weighted by Gasteiger charge is -2.21. The molecule has 0 fully saturated rings. The van der Waals surface area contributed by atoms with Crippen molar-refractivity contribution in [3.05, 3.63) is 29.3 Å². The molecule has 0 amide bonds. The first-order chi connectivity index (χ1) is 7.38. The molecule has 0 saturated heterocycles. The van der Waals surface area contributed by atoms with Gasteiger partial charge in [0.05, 0.1) is 6.26 Å². The second-order valence-corrected chi connectivity index (χ2v) is 6.41. The largest absolute Gasteiger partial charge is 0.399 e. The van der Waals surface area contributed by atoms with Crippen LogP contribution in [0.5, 0.6) is 0 Å². The van der Waals surface area contributed by atoms with Crippen molar-refractivity contribution in [3.63, 3.8) is 0 Å². The van der Waals surface area contributed by atoms with Crippen LogP contribution in [0.25, 0.3) is 0 Å². The summed E-state index contributed by atoms with van der Waals surface area (Å²) in [6.45, 7) is 0. The van der Waals surface area contributed by atoms with E-state index in [1.54, 1.807) is 7.05 Å². The maximum atomic E-state index is 11.4. The van der Waals surface area contributed by atoms with Gasteiger partial charge in [0.15, 0.2) is 0 Å². The molecule has 1 aliphatic rings. The van der Waals surface area contributed by atoms with Crippen molar-refractivity contribution in [2.45, 2.75) is 18.9 Å². The summed E-state index contributed by atoms with van der Waals surface area (Å²) < 4.78 is 24.3. The Labute approximate surface area is 96.1 Å². The molecule has 0 saturated carbocycles. The number of fused-ring (bicyclic) bond motifs is 1. The van der Waals surface area contributed by atoms with E-state index in [4.69, 9.17) is 5.73 Å². The van der Waals surface area contributed by atoms with E-state index in [1.807, 2.05) is 18.2 Å². The molecule has 1 aromatic rings. The highest BCUT2D eigenvalue weighted by Crippen LogP contribution is 2.27. The number of hydrogen-bond acceptors (Lipinski definition) is 3. The normalized spacial score (nSPS) is 20.1. The van der Waals surface area contributed by atoms with Crippen LogP contribution < -0.4 is 5.73 Å². The van der Waals surface area contributed by atoms with E-state index < -0.39 is 10.0 Å². The summed E-state index contributed by atoms with van der Waals surface area (Å²) in [5, 5.41) is 0. The Morgan fingerprint density at radius 1 is 1.31 bits per heavy atom. The SMILES string of the molecule is CN(C1Cc2ccc(N)cc2C1)S(C)(=O)=O. The highest BCUT2D eigenvalue weighted by atomic mass is 32.2. The summed E-state index contributed by atoms with van der Waals surface area (Å²) in [5.41, 5.74) is 8.81. The number of anilines is 1. The quantitative estimate of drug-likeness (QED) is 0.771. The van der Waals surface area contributed by atoms with Gasteiger partial charge in [-0.15, -0.1) is 0 Å². The predicted octanol–water partition coefficient (Wildman–Crippen LogP) is 0.627. The molecule has 0 spiro atoms. The van der Waals surface area contributed by atoms with Crippen molar-refractivity contribution in [1.29, 1.82) is 0 Å². The summed E-state index contributed by atoms with van der Waals surface area (Å²) in [5.74, 6) is 0. The number of rotatable bonds is 2. The Morgan fingerprint density at radius 3 is 2.56 bits per heavy atom. The van der Waals surface area contributed by atoms with Crippen molar-refractivity contribution in [2.75, 3.05) is 19.0 Å². The van der Waals surface area contributed by atoms with Crippen LogP contribution in [0.15, 0.2) is 18.2 Å². The summed E-state index contributed by atoms with van der Waals surface area (Å²) in [6, 6.07) is 5.82. The third-order valence-corrected chi connectivity index (χ3v) is 4.52. The van der Waals surface area contributed by atoms with Crippen LogP contribution >= 0.6 is 0 Å². The average molecular weight is 240 g/mol. The number of nitrogen functional groups attached to an aromatic ring is 1. The Hall–Kier alpha value is -1.07. The predicted molar refractivity (Wildman–Crippen MR) is 64.7 cm³/mol. The van der Waals surface area contributed by atoms with E-state index in [0.717, 1.165) is 18.5 Å². The zero-order valence-electron chi connectivity index (χ0n) is 9.47. The maximum Gasteiger partial charge on any atom is 0.211 e. The molecule has 2 rings (SSSR count). The molecule has 88 valence electrons. The summed E-state index contributed by atoms with van der Waals surface area (Å²) in [7, 11) is -1.48. The van der Waals surface area contributed by atoms with Gasteiger partial charge in [-0.05, 0) is 36.1 Å². The number of likely N-dealkylation sites (N-methyl/N-ethyl adjacent to an activating group) is 1. The van der Waals surface area contributed by atoms with Gasteiger partial charge in [0, 0.05) is 18.8 Å². The zero-order valence-corrected chi connectivity index (χ0v) is 10.3. The van der Waals surface area contributed by atoms with Crippen molar-refractivity contribution in [1.82, 2.24) is 4.31 Å². The Morgan fingerprint density at radius 2 is 1.94 bits per heavy atom. The van der Waals surface area contributed by atoms with Crippen molar-refractivity contribution >= 4 is 15.7 Å². The minimum absolute atomic E-state index is 0.0341. The van der Waals surface area contributed by atoms with Crippen LogP contribution in [0.2, 0.25) is 0 Å². The Kier molecular flexibility index (Phi) is 2.67. The molecule has 0 bridgehead atoms. The first kappa shape index (κ1) is 11.4. The van der Waals surface area contributed by atoms with Crippen LogP contribution in [0.1, 0.15) is 11.1 Å². The van der Waals surface area contributed by atoms with E-state index >= 15 is 0 Å². The fraction of sp³-hybridized carbons (Fsp3) is 0.455. The highest BCUT2D eigenvalue weighted by molar-refractivity contribution is 7.88. The molecule has 16 heavy (non-hydrogen) atoms. The number of nitrogens with zero attached hydrogens (tertiary/aromatic N) is 1. The van der Waals surface area contributed by atoms with E-state index in [0.29, 0.717) is 0 Å². The Bertz CT molecular complexity index is 511. The van der Waals surface area contributed by atoms with Crippen LogP contribution in [0, 0.1) is 0 Å². The van der Waals surface area contributed by atoms with Gasteiger partial charge in [-0.2, -0.15) is 0 Å². The topological polar surface area (TPSA) is 63.4 Å². The van der Waals surface area contributed by atoms with Crippen molar-refractivity contribution in [3.8, 4) is 0 Å². The molecule has 1 aromatic carbocycles. The minimum atomic E-state index is -3.11. The molecular formula is C11H16N2O2S. The van der Waals surface area contributed by atoms with E-state index in [9.17, 15) is 8.42 Å². The fourth-order valence-electron chi connectivity index (χ4n) is 2.14. The molecule has 0 radical (unpaired) electrons. The van der Waals surface area contributed by atoms with Crippen LogP contribution in [-0.4, -0.2) is 32.1 Å². The van der Waals surface area contributed by atoms with Gasteiger partial charge in [0.25, 0.3) is 0 Å². The number of hydrogen-bond donors (Lipinski definition) is 1. The summed E-state index contributed by atoms with van der Waals surface area (Å²) in [4.78, 5) is 0. The molecule has 5 heteroatoms. The van der Waals surface area contributed by atoms with Crippen molar-refractivity contribution in [2.24, 2.45) is 0 Å². The second kappa shape index (κ2) is 3.75. The monoisotopic (exact) mass is 240 g/mol. The molecule has 0 heterocycles. The lowest BCUT2D eigenvalue weighted by atomic mass is 10.1. The maximum absolute atomic E-state index is 11.4. The summed E-state index contributed by atoms with van der Waals surface area (Å²) in [6.07, 6.45) is 2.77. The van der Waals surface area contributed by atoms with Gasteiger partial charge in [0.1, 0.15) is 0 Å². The first-order valence-corrected chi connectivity index (χ1v) is 7.03. The standard InChI is InChI=1S/C11H16N2O2S/c1-13(16(2,14)15)11-6-8-3-4-10(12)5-9(8)7-11/h3-5,11H,6-7,12H2,1-2H3. The van der Waals surface area contributed by atoms with E-state index in [2.05, 4.69) is 0 Å². The van der Waals surface area contributed by atoms with Gasteiger partial charge in [-0.3, -0.25) is 0 Å². The highest BCUT2D eigenvalue weighted by Gasteiger charge is 2.29. The third kappa shape index (κ3) is 2.05. The minimum Gasteiger partial charge on any atom is -0.399 e. The molecule has 1 unspecified atom stereocenters. The van der Waals surface area contributed by atoms with Crippen LogP contribution in [-0.2, 0) is 22.9 Å².